The van der Waals surface area contributed by atoms with Crippen molar-refractivity contribution in [1.82, 2.24) is 10.2 Å². The van der Waals surface area contributed by atoms with E-state index in [0.29, 0.717) is 13.1 Å². The van der Waals surface area contributed by atoms with Crippen LogP contribution in [0.25, 0.3) is 0 Å². The normalized spacial score (nSPS) is 16.5. The minimum absolute atomic E-state index is 0.0276. The van der Waals surface area contributed by atoms with Crippen LogP contribution in [0.3, 0.4) is 0 Å². The van der Waals surface area contributed by atoms with E-state index in [9.17, 15) is 9.59 Å². The van der Waals surface area contributed by atoms with Crippen LogP contribution in [0.15, 0.2) is 28.7 Å². The second kappa shape index (κ2) is 6.91. The molecule has 1 aliphatic heterocycles. The summed E-state index contributed by atoms with van der Waals surface area (Å²) in [6.45, 7) is 8.26. The molecule has 5 nitrogen and oxygen atoms in total. The van der Waals surface area contributed by atoms with Crippen LogP contribution in [0.2, 0.25) is 0 Å². The second-order valence-electron chi connectivity index (χ2n) is 6.86. The fourth-order valence-electron chi connectivity index (χ4n) is 2.29. The summed E-state index contributed by atoms with van der Waals surface area (Å²) in [5.74, 6) is -0.194. The van der Waals surface area contributed by atoms with E-state index in [4.69, 9.17) is 4.74 Å². The van der Waals surface area contributed by atoms with Crippen molar-refractivity contribution >= 4 is 27.9 Å². The molecular weight excluding hydrogens is 360 g/mol. The average Bonchev–Trinajstić information content (AvgIpc) is 2.35. The Hall–Kier alpha value is -1.56. The van der Waals surface area contributed by atoms with Crippen molar-refractivity contribution in [2.24, 2.45) is 5.92 Å². The molecule has 1 N–H and O–H groups in total. The summed E-state index contributed by atoms with van der Waals surface area (Å²) in [4.78, 5) is 25.6. The molecule has 0 aromatic heterocycles. The summed E-state index contributed by atoms with van der Waals surface area (Å²) in [5, 5.41) is 2.99. The van der Waals surface area contributed by atoms with Gasteiger partial charge in [0.05, 0.1) is 12.0 Å². The summed E-state index contributed by atoms with van der Waals surface area (Å²) in [7, 11) is 0. The number of nitrogens with zero attached hydrogens (tertiary/aromatic N) is 1. The third-order valence-corrected chi connectivity index (χ3v) is 4.16. The zero-order valence-corrected chi connectivity index (χ0v) is 15.5. The SMILES string of the molecule is CC(NC(=O)C1CN(C(=O)OC(C)(C)C)C1)c1ccc(Br)cc1. The van der Waals surface area contributed by atoms with Crippen LogP contribution in [-0.4, -0.2) is 35.6 Å². The molecule has 126 valence electrons. The molecule has 1 unspecified atom stereocenters. The molecule has 0 radical (unpaired) electrons. The van der Waals surface area contributed by atoms with Crippen LogP contribution in [0, 0.1) is 5.92 Å². The maximum absolute atomic E-state index is 12.2. The Morgan fingerprint density at radius 3 is 2.35 bits per heavy atom. The van der Waals surface area contributed by atoms with Gasteiger partial charge in [0.2, 0.25) is 5.91 Å². The van der Waals surface area contributed by atoms with E-state index in [-0.39, 0.29) is 24.0 Å². The number of nitrogens with one attached hydrogen (secondary N) is 1. The number of likely N-dealkylation sites (tertiary alicyclic amines) is 1. The van der Waals surface area contributed by atoms with Crippen LogP contribution in [-0.2, 0) is 9.53 Å². The van der Waals surface area contributed by atoms with E-state index in [0.717, 1.165) is 10.0 Å². The van der Waals surface area contributed by atoms with Crippen molar-refractivity contribution in [1.29, 1.82) is 0 Å². The predicted molar refractivity (Wildman–Crippen MR) is 92.0 cm³/mol. The summed E-state index contributed by atoms with van der Waals surface area (Å²) in [6.07, 6.45) is -0.359. The van der Waals surface area contributed by atoms with Gasteiger partial charge in [0, 0.05) is 17.6 Å². The smallest absolute Gasteiger partial charge is 0.410 e. The summed E-state index contributed by atoms with van der Waals surface area (Å²) >= 11 is 3.39. The molecule has 1 saturated heterocycles. The zero-order chi connectivity index (χ0) is 17.2. The van der Waals surface area contributed by atoms with Gasteiger partial charge in [-0.2, -0.15) is 0 Å². The minimum atomic E-state index is -0.513. The average molecular weight is 383 g/mol. The van der Waals surface area contributed by atoms with Crippen molar-refractivity contribution in [3.05, 3.63) is 34.3 Å². The molecule has 1 heterocycles. The van der Waals surface area contributed by atoms with Gasteiger partial charge in [-0.25, -0.2) is 4.79 Å². The number of hydrogen-bond acceptors (Lipinski definition) is 3. The van der Waals surface area contributed by atoms with Gasteiger partial charge in [0.1, 0.15) is 5.60 Å². The van der Waals surface area contributed by atoms with E-state index in [2.05, 4.69) is 21.2 Å². The molecule has 0 saturated carbocycles. The van der Waals surface area contributed by atoms with Crippen molar-refractivity contribution in [2.75, 3.05) is 13.1 Å². The Morgan fingerprint density at radius 2 is 1.83 bits per heavy atom. The first-order valence-electron chi connectivity index (χ1n) is 7.69. The lowest BCUT2D eigenvalue weighted by Gasteiger charge is -2.39. The van der Waals surface area contributed by atoms with Gasteiger partial charge in [-0.15, -0.1) is 0 Å². The van der Waals surface area contributed by atoms with E-state index in [1.807, 2.05) is 52.0 Å². The van der Waals surface area contributed by atoms with Gasteiger partial charge in [-0.1, -0.05) is 28.1 Å². The molecule has 1 atom stereocenters. The van der Waals surface area contributed by atoms with Crippen LogP contribution in [0.1, 0.15) is 39.3 Å². The molecular formula is C17H23BrN2O3. The molecule has 6 heteroatoms. The van der Waals surface area contributed by atoms with Gasteiger partial charge >= 0.3 is 6.09 Å². The van der Waals surface area contributed by atoms with Crippen LogP contribution in [0.5, 0.6) is 0 Å². The molecule has 2 amide bonds. The third-order valence-electron chi connectivity index (χ3n) is 3.63. The standard InChI is InChI=1S/C17H23BrN2O3/c1-11(12-5-7-14(18)8-6-12)19-15(21)13-9-20(10-13)16(22)23-17(2,3)4/h5-8,11,13H,9-10H2,1-4H3,(H,19,21). The Kier molecular flexibility index (Phi) is 5.34. The maximum atomic E-state index is 12.2. The zero-order valence-electron chi connectivity index (χ0n) is 13.9. The molecule has 0 bridgehead atoms. The molecule has 23 heavy (non-hydrogen) atoms. The molecule has 2 rings (SSSR count). The highest BCUT2D eigenvalue weighted by molar-refractivity contribution is 9.10. The van der Waals surface area contributed by atoms with Gasteiger partial charge < -0.3 is 15.0 Å². The highest BCUT2D eigenvalue weighted by atomic mass is 79.9. The second-order valence-corrected chi connectivity index (χ2v) is 7.78. The monoisotopic (exact) mass is 382 g/mol. The van der Waals surface area contributed by atoms with E-state index < -0.39 is 5.60 Å². The lowest BCUT2D eigenvalue weighted by Crippen LogP contribution is -2.56. The van der Waals surface area contributed by atoms with Gasteiger partial charge in [-0.05, 0) is 45.4 Å². The third kappa shape index (κ3) is 4.96. The van der Waals surface area contributed by atoms with Gasteiger partial charge in [0.15, 0.2) is 0 Å². The molecule has 0 aliphatic carbocycles. The van der Waals surface area contributed by atoms with Crippen LogP contribution >= 0.6 is 15.9 Å². The Balaban J connectivity index is 1.80. The highest BCUT2D eigenvalue weighted by Crippen LogP contribution is 2.22. The Morgan fingerprint density at radius 1 is 1.26 bits per heavy atom. The molecule has 0 spiro atoms. The fourth-order valence-corrected chi connectivity index (χ4v) is 2.55. The number of benzene rings is 1. The highest BCUT2D eigenvalue weighted by Gasteiger charge is 2.38. The summed E-state index contributed by atoms with van der Waals surface area (Å²) in [5.41, 5.74) is 0.533. The van der Waals surface area contributed by atoms with Crippen molar-refractivity contribution < 1.29 is 14.3 Å². The Labute approximate surface area is 145 Å². The molecule has 1 aromatic rings. The largest absolute Gasteiger partial charge is 0.444 e. The molecule has 1 aliphatic rings. The number of carbonyl (C=O) groups excluding carboxylic acids is 2. The van der Waals surface area contributed by atoms with Gasteiger partial charge in [-0.3, -0.25) is 4.79 Å². The predicted octanol–water partition coefficient (Wildman–Crippen LogP) is 3.49. The topological polar surface area (TPSA) is 58.6 Å². The van der Waals surface area contributed by atoms with Gasteiger partial charge in [0.25, 0.3) is 0 Å². The minimum Gasteiger partial charge on any atom is -0.444 e. The Bertz CT molecular complexity index is 574. The molecule has 1 aromatic carbocycles. The van der Waals surface area contributed by atoms with E-state index in [1.165, 1.54) is 0 Å². The maximum Gasteiger partial charge on any atom is 0.410 e. The summed E-state index contributed by atoms with van der Waals surface area (Å²) in [6, 6.07) is 7.79. The lowest BCUT2D eigenvalue weighted by atomic mass is 9.98. The fraction of sp³-hybridized carbons (Fsp3) is 0.529. The first-order valence-corrected chi connectivity index (χ1v) is 8.49. The number of ether oxygens (including phenoxy) is 1. The number of rotatable bonds is 3. The number of halogens is 1. The van der Waals surface area contributed by atoms with Crippen molar-refractivity contribution in [2.45, 2.75) is 39.3 Å². The van der Waals surface area contributed by atoms with Crippen LogP contribution in [0.4, 0.5) is 4.79 Å². The molecule has 1 fully saturated rings. The number of carbonyl (C=O) groups is 2. The first kappa shape index (κ1) is 17.8. The first-order chi connectivity index (χ1) is 10.7. The lowest BCUT2D eigenvalue weighted by molar-refractivity contribution is -0.130. The number of amides is 2. The summed E-state index contributed by atoms with van der Waals surface area (Å²) < 4.78 is 6.29. The van der Waals surface area contributed by atoms with E-state index >= 15 is 0 Å². The quantitative estimate of drug-likeness (QED) is 0.869. The van der Waals surface area contributed by atoms with E-state index in [1.54, 1.807) is 4.90 Å². The van der Waals surface area contributed by atoms with Crippen molar-refractivity contribution in [3.63, 3.8) is 0 Å². The number of hydrogen-bond donors (Lipinski definition) is 1. The van der Waals surface area contributed by atoms with Crippen LogP contribution < -0.4 is 5.32 Å². The van der Waals surface area contributed by atoms with Crippen molar-refractivity contribution in [3.8, 4) is 0 Å².